The molecule has 7 heteroatoms. The summed E-state index contributed by atoms with van der Waals surface area (Å²) in [6, 6.07) is 21.0. The third-order valence-electron chi connectivity index (χ3n) is 4.61. The van der Waals surface area contributed by atoms with E-state index in [1.54, 1.807) is 6.07 Å². The number of sulfonamides is 1. The highest BCUT2D eigenvalue weighted by Gasteiger charge is 2.18. The third-order valence-corrected chi connectivity index (χ3v) is 6.07. The van der Waals surface area contributed by atoms with Crippen LogP contribution in [-0.2, 0) is 22.9 Å². The van der Waals surface area contributed by atoms with E-state index in [4.69, 9.17) is 4.74 Å². The lowest BCUT2D eigenvalue weighted by Crippen LogP contribution is -2.26. The highest BCUT2D eigenvalue weighted by Crippen LogP contribution is 2.21. The molecule has 0 saturated heterocycles. The number of aromatic carboxylic acids is 1. The summed E-state index contributed by atoms with van der Waals surface area (Å²) >= 11 is 0. The van der Waals surface area contributed by atoms with Gasteiger partial charge in [-0.15, -0.1) is 0 Å². The molecule has 0 saturated carbocycles. The number of hydrogen-bond donors (Lipinski definition) is 2. The topological polar surface area (TPSA) is 92.7 Å². The number of para-hydroxylation sites is 1. The van der Waals surface area contributed by atoms with Gasteiger partial charge in [-0.1, -0.05) is 43.3 Å². The molecule has 0 aromatic heterocycles. The number of benzene rings is 3. The van der Waals surface area contributed by atoms with Gasteiger partial charge in [0.2, 0.25) is 10.0 Å². The van der Waals surface area contributed by atoms with Crippen molar-refractivity contribution >= 4 is 16.0 Å². The molecule has 0 heterocycles. The Morgan fingerprint density at radius 1 is 1.00 bits per heavy atom. The van der Waals surface area contributed by atoms with Crippen LogP contribution >= 0.6 is 0 Å². The number of aryl methyl sites for hydroxylation is 1. The van der Waals surface area contributed by atoms with Crippen molar-refractivity contribution in [3.05, 3.63) is 89.5 Å². The molecule has 0 spiro atoms. The molecule has 3 aromatic carbocycles. The lowest BCUT2D eigenvalue weighted by Gasteiger charge is -2.10. The van der Waals surface area contributed by atoms with Crippen LogP contribution in [0.25, 0.3) is 0 Å². The second-order valence-electron chi connectivity index (χ2n) is 6.68. The third kappa shape index (κ3) is 5.46. The van der Waals surface area contributed by atoms with Gasteiger partial charge in [-0.3, -0.25) is 0 Å². The Bertz CT molecular complexity index is 1120. The van der Waals surface area contributed by atoms with Crippen LogP contribution in [0.4, 0.5) is 0 Å². The maximum atomic E-state index is 12.5. The molecule has 0 amide bonds. The van der Waals surface area contributed by atoms with Crippen molar-refractivity contribution in [1.82, 2.24) is 4.72 Å². The SMILES string of the molecule is CCc1ccc(S(=O)(=O)NCCc2ccc(Oc3ccccc3)cc2)cc1C(=O)O.[HH]. The Morgan fingerprint density at radius 2 is 1.67 bits per heavy atom. The minimum absolute atomic E-state index is 0. The minimum atomic E-state index is -3.80. The minimum Gasteiger partial charge on any atom is -0.478 e. The van der Waals surface area contributed by atoms with Crippen molar-refractivity contribution in [2.45, 2.75) is 24.7 Å². The van der Waals surface area contributed by atoms with Gasteiger partial charge in [0.1, 0.15) is 11.5 Å². The van der Waals surface area contributed by atoms with Crippen LogP contribution in [0, 0.1) is 0 Å². The maximum Gasteiger partial charge on any atom is 0.336 e. The number of carbonyl (C=O) groups is 1. The highest BCUT2D eigenvalue weighted by atomic mass is 32.2. The van der Waals surface area contributed by atoms with Gasteiger partial charge in [-0.2, -0.15) is 0 Å². The quantitative estimate of drug-likeness (QED) is 0.524. The average molecular weight is 428 g/mol. The average Bonchev–Trinajstić information content (AvgIpc) is 2.75. The maximum absolute atomic E-state index is 12.5. The predicted octanol–water partition coefficient (Wildman–Crippen LogP) is 4.51. The first-order valence-electron chi connectivity index (χ1n) is 9.57. The molecule has 6 nitrogen and oxygen atoms in total. The Balaban J connectivity index is 0.00000341. The Hall–Kier alpha value is -3.16. The van der Waals surface area contributed by atoms with Gasteiger partial charge < -0.3 is 9.84 Å². The van der Waals surface area contributed by atoms with Crippen molar-refractivity contribution in [2.75, 3.05) is 6.54 Å². The van der Waals surface area contributed by atoms with Crippen LogP contribution in [0.1, 0.15) is 29.8 Å². The number of carboxylic acid groups (broad SMARTS) is 1. The summed E-state index contributed by atoms with van der Waals surface area (Å²) < 4.78 is 33.3. The van der Waals surface area contributed by atoms with Gasteiger partial charge in [0.25, 0.3) is 0 Å². The molecule has 0 unspecified atom stereocenters. The van der Waals surface area contributed by atoms with E-state index in [0.29, 0.717) is 24.2 Å². The lowest BCUT2D eigenvalue weighted by atomic mass is 10.1. The van der Waals surface area contributed by atoms with Gasteiger partial charge >= 0.3 is 5.97 Å². The van der Waals surface area contributed by atoms with E-state index in [2.05, 4.69) is 4.72 Å². The summed E-state index contributed by atoms with van der Waals surface area (Å²) in [5.41, 5.74) is 1.55. The fraction of sp³-hybridized carbons (Fsp3) is 0.174. The van der Waals surface area contributed by atoms with Crippen molar-refractivity contribution < 1.29 is 24.5 Å². The van der Waals surface area contributed by atoms with E-state index in [9.17, 15) is 18.3 Å². The normalized spacial score (nSPS) is 11.2. The van der Waals surface area contributed by atoms with Gasteiger partial charge in [-0.05, 0) is 60.4 Å². The molecular formula is C23H25NO5S. The number of rotatable bonds is 9. The predicted molar refractivity (Wildman–Crippen MR) is 117 cm³/mol. The molecule has 0 aliphatic carbocycles. The zero-order valence-corrected chi connectivity index (χ0v) is 17.4. The Kier molecular flexibility index (Phi) is 6.87. The smallest absolute Gasteiger partial charge is 0.336 e. The summed E-state index contributed by atoms with van der Waals surface area (Å²) in [6.45, 7) is 2.02. The molecule has 0 atom stereocenters. The van der Waals surface area contributed by atoms with Crippen LogP contribution in [0.15, 0.2) is 77.7 Å². The molecule has 3 rings (SSSR count). The van der Waals surface area contributed by atoms with Crippen molar-refractivity contribution in [3.63, 3.8) is 0 Å². The van der Waals surface area contributed by atoms with E-state index in [0.717, 1.165) is 11.3 Å². The first-order valence-corrected chi connectivity index (χ1v) is 11.0. The van der Waals surface area contributed by atoms with E-state index in [1.807, 2.05) is 61.5 Å². The molecular weight excluding hydrogens is 402 g/mol. The molecule has 0 bridgehead atoms. The van der Waals surface area contributed by atoms with E-state index in [-0.39, 0.29) is 18.4 Å². The largest absolute Gasteiger partial charge is 0.478 e. The molecule has 0 aliphatic heterocycles. The number of nitrogens with one attached hydrogen (secondary N) is 1. The van der Waals surface area contributed by atoms with E-state index < -0.39 is 16.0 Å². The van der Waals surface area contributed by atoms with Gasteiger partial charge in [0, 0.05) is 7.97 Å². The van der Waals surface area contributed by atoms with E-state index >= 15 is 0 Å². The van der Waals surface area contributed by atoms with Crippen LogP contribution in [-0.4, -0.2) is 26.0 Å². The molecule has 0 fully saturated rings. The molecule has 3 aromatic rings. The second kappa shape index (κ2) is 9.56. The Morgan fingerprint density at radius 3 is 2.30 bits per heavy atom. The standard InChI is InChI=1S/C23H23NO5S.H2/c1-2-18-10-13-21(16-22(18)23(25)26)30(27,28)24-15-14-17-8-11-20(12-9-17)29-19-6-4-3-5-7-19;/h3-13,16,24H,2,14-15H2,1H3,(H,25,26);1H. The van der Waals surface area contributed by atoms with Crippen molar-refractivity contribution in [1.29, 1.82) is 0 Å². The fourth-order valence-electron chi connectivity index (χ4n) is 2.99. The first kappa shape index (κ1) is 21.5. The summed E-state index contributed by atoms with van der Waals surface area (Å²) in [5.74, 6) is 0.303. The summed E-state index contributed by atoms with van der Waals surface area (Å²) in [7, 11) is -3.80. The van der Waals surface area contributed by atoms with Crippen molar-refractivity contribution in [3.8, 4) is 11.5 Å². The molecule has 0 radical (unpaired) electrons. The molecule has 0 aliphatic rings. The monoisotopic (exact) mass is 427 g/mol. The first-order chi connectivity index (χ1) is 14.4. The van der Waals surface area contributed by atoms with Crippen molar-refractivity contribution in [2.24, 2.45) is 0 Å². The zero-order valence-electron chi connectivity index (χ0n) is 16.5. The van der Waals surface area contributed by atoms with E-state index in [1.165, 1.54) is 12.1 Å². The van der Waals surface area contributed by atoms with Gasteiger partial charge in [0.15, 0.2) is 0 Å². The zero-order chi connectivity index (χ0) is 21.6. The number of ether oxygens (including phenoxy) is 1. The Labute approximate surface area is 177 Å². The van der Waals surface area contributed by atoms with Crippen LogP contribution in [0.2, 0.25) is 0 Å². The molecule has 2 N–H and O–H groups in total. The van der Waals surface area contributed by atoms with Gasteiger partial charge in [0.05, 0.1) is 10.5 Å². The van der Waals surface area contributed by atoms with Crippen LogP contribution in [0.3, 0.4) is 0 Å². The number of hydrogen-bond acceptors (Lipinski definition) is 4. The second-order valence-corrected chi connectivity index (χ2v) is 8.45. The summed E-state index contributed by atoms with van der Waals surface area (Å²) in [5, 5.41) is 9.30. The molecule has 30 heavy (non-hydrogen) atoms. The molecule has 158 valence electrons. The fourth-order valence-corrected chi connectivity index (χ4v) is 4.05. The lowest BCUT2D eigenvalue weighted by molar-refractivity contribution is 0.0695. The summed E-state index contributed by atoms with van der Waals surface area (Å²) in [4.78, 5) is 11.3. The highest BCUT2D eigenvalue weighted by molar-refractivity contribution is 7.89. The number of carboxylic acids is 1. The van der Waals surface area contributed by atoms with Crippen LogP contribution < -0.4 is 9.46 Å². The van der Waals surface area contributed by atoms with Gasteiger partial charge in [-0.25, -0.2) is 17.9 Å². The summed E-state index contributed by atoms with van der Waals surface area (Å²) in [6.07, 6.45) is 1.00. The van der Waals surface area contributed by atoms with Crippen LogP contribution in [0.5, 0.6) is 11.5 Å².